The molecule has 1 N–H and O–H groups in total. The number of piperazine rings is 1. The van der Waals surface area contributed by atoms with Gasteiger partial charge in [0.2, 0.25) is 10.0 Å². The van der Waals surface area contributed by atoms with Gasteiger partial charge in [0.15, 0.2) is 0 Å². The molecule has 2 aromatic rings. The number of rotatable bonds is 7. The molecule has 1 aliphatic rings. The Kier molecular flexibility index (Phi) is 6.48. The second kappa shape index (κ2) is 8.85. The number of nitrogens with one attached hydrogen (secondary N) is 1. The summed E-state index contributed by atoms with van der Waals surface area (Å²) in [7, 11) is -2.31. The summed E-state index contributed by atoms with van der Waals surface area (Å²) in [5, 5.41) is 0. The van der Waals surface area contributed by atoms with Crippen LogP contribution >= 0.6 is 0 Å². The molecule has 1 fully saturated rings. The third kappa shape index (κ3) is 5.18. The van der Waals surface area contributed by atoms with Crippen molar-refractivity contribution in [3.63, 3.8) is 0 Å². The highest BCUT2D eigenvalue weighted by molar-refractivity contribution is 7.89. The minimum absolute atomic E-state index is 0.170. The van der Waals surface area contributed by atoms with E-state index in [0.717, 1.165) is 49.7 Å². The summed E-state index contributed by atoms with van der Waals surface area (Å²) in [6.07, 6.45) is 0. The molecule has 3 rings (SSSR count). The van der Waals surface area contributed by atoms with Gasteiger partial charge in [-0.3, -0.25) is 4.90 Å². The summed E-state index contributed by atoms with van der Waals surface area (Å²) in [6.45, 7) is 3.93. The highest BCUT2D eigenvalue weighted by Gasteiger charge is 2.19. The number of nitrogens with zero attached hydrogens (tertiary/aromatic N) is 2. The Balaban J connectivity index is 1.47. The summed E-state index contributed by atoms with van der Waals surface area (Å²) in [6, 6.07) is 10.1. The van der Waals surface area contributed by atoms with Crippen LogP contribution in [0.25, 0.3) is 0 Å². The first-order valence-electron chi connectivity index (χ1n) is 8.94. The van der Waals surface area contributed by atoms with Gasteiger partial charge in [-0.2, -0.15) is 0 Å². The Hall–Kier alpha value is -2.23. The first-order valence-corrected chi connectivity index (χ1v) is 10.4. The number of sulfonamides is 1. The maximum absolute atomic E-state index is 13.2. The molecule has 1 saturated heterocycles. The van der Waals surface area contributed by atoms with Crippen LogP contribution in [0.4, 0.5) is 14.5 Å². The van der Waals surface area contributed by atoms with Gasteiger partial charge in [-0.25, -0.2) is 21.9 Å². The van der Waals surface area contributed by atoms with Crippen LogP contribution in [-0.2, 0) is 10.0 Å². The second-order valence-electron chi connectivity index (χ2n) is 6.53. The molecule has 0 atom stereocenters. The van der Waals surface area contributed by atoms with Gasteiger partial charge in [-0.15, -0.1) is 0 Å². The van der Waals surface area contributed by atoms with Crippen LogP contribution in [0.15, 0.2) is 47.4 Å². The van der Waals surface area contributed by atoms with E-state index in [0.29, 0.717) is 12.6 Å². The Morgan fingerprint density at radius 1 is 1.00 bits per heavy atom. The molecular weight excluding hydrogens is 388 g/mol. The minimum Gasteiger partial charge on any atom is -0.497 e. The van der Waals surface area contributed by atoms with Gasteiger partial charge in [0.05, 0.1) is 12.0 Å². The molecule has 1 heterocycles. The first kappa shape index (κ1) is 20.5. The van der Waals surface area contributed by atoms with E-state index in [1.54, 1.807) is 7.11 Å². The maximum Gasteiger partial charge on any atom is 0.240 e. The average molecular weight is 411 g/mol. The number of benzene rings is 2. The molecule has 152 valence electrons. The van der Waals surface area contributed by atoms with Crippen molar-refractivity contribution in [3.8, 4) is 5.75 Å². The van der Waals surface area contributed by atoms with E-state index < -0.39 is 26.6 Å². The molecule has 0 unspecified atom stereocenters. The van der Waals surface area contributed by atoms with Crippen LogP contribution in [0, 0.1) is 11.6 Å². The third-order valence-corrected chi connectivity index (χ3v) is 6.12. The van der Waals surface area contributed by atoms with Gasteiger partial charge in [-0.05, 0) is 36.4 Å². The number of halogens is 2. The van der Waals surface area contributed by atoms with Crippen molar-refractivity contribution in [1.29, 1.82) is 0 Å². The summed E-state index contributed by atoms with van der Waals surface area (Å²) < 4.78 is 58.4. The molecule has 0 saturated carbocycles. The van der Waals surface area contributed by atoms with Crippen LogP contribution in [-0.4, -0.2) is 59.7 Å². The Morgan fingerprint density at radius 3 is 2.18 bits per heavy atom. The van der Waals surface area contributed by atoms with Crippen LogP contribution in [0.5, 0.6) is 5.75 Å². The van der Waals surface area contributed by atoms with E-state index in [1.807, 2.05) is 24.3 Å². The topological polar surface area (TPSA) is 61.9 Å². The van der Waals surface area contributed by atoms with Crippen LogP contribution in [0.2, 0.25) is 0 Å². The maximum atomic E-state index is 13.2. The number of hydrogen-bond donors (Lipinski definition) is 1. The lowest BCUT2D eigenvalue weighted by atomic mass is 10.2. The van der Waals surface area contributed by atoms with E-state index in [-0.39, 0.29) is 6.54 Å². The lowest BCUT2D eigenvalue weighted by Crippen LogP contribution is -2.48. The van der Waals surface area contributed by atoms with E-state index in [2.05, 4.69) is 14.5 Å². The lowest BCUT2D eigenvalue weighted by molar-refractivity contribution is 0.262. The van der Waals surface area contributed by atoms with Crippen LogP contribution in [0.3, 0.4) is 0 Å². The molecule has 28 heavy (non-hydrogen) atoms. The number of methoxy groups -OCH3 is 1. The van der Waals surface area contributed by atoms with Crippen molar-refractivity contribution < 1.29 is 21.9 Å². The number of ether oxygens (including phenoxy) is 1. The fourth-order valence-corrected chi connectivity index (χ4v) is 4.19. The highest BCUT2D eigenvalue weighted by Crippen LogP contribution is 2.20. The second-order valence-corrected chi connectivity index (χ2v) is 8.30. The SMILES string of the molecule is COc1ccc(N2CCN(CCNS(=O)(=O)c3cc(F)cc(F)c3)CC2)cc1. The summed E-state index contributed by atoms with van der Waals surface area (Å²) >= 11 is 0. The lowest BCUT2D eigenvalue weighted by Gasteiger charge is -2.36. The van der Waals surface area contributed by atoms with Crippen molar-refractivity contribution in [2.24, 2.45) is 0 Å². The molecule has 1 aliphatic heterocycles. The van der Waals surface area contributed by atoms with Crippen molar-refractivity contribution >= 4 is 15.7 Å². The molecule has 0 radical (unpaired) electrons. The van der Waals surface area contributed by atoms with Crippen molar-refractivity contribution in [2.45, 2.75) is 4.90 Å². The zero-order chi connectivity index (χ0) is 20.1. The third-order valence-electron chi connectivity index (χ3n) is 4.68. The van der Waals surface area contributed by atoms with Gasteiger partial charge in [0.1, 0.15) is 17.4 Å². The van der Waals surface area contributed by atoms with E-state index in [1.165, 1.54) is 0 Å². The summed E-state index contributed by atoms with van der Waals surface area (Å²) in [5.74, 6) is -1.03. The van der Waals surface area contributed by atoms with Gasteiger partial charge in [0, 0.05) is 51.0 Å². The Bertz CT molecular complexity index is 879. The molecule has 0 aliphatic carbocycles. The fraction of sp³-hybridized carbons (Fsp3) is 0.368. The van der Waals surface area contributed by atoms with Crippen molar-refractivity contribution in [2.75, 3.05) is 51.3 Å². The number of hydrogen-bond acceptors (Lipinski definition) is 5. The van der Waals surface area contributed by atoms with Crippen molar-refractivity contribution in [3.05, 3.63) is 54.1 Å². The van der Waals surface area contributed by atoms with E-state index in [9.17, 15) is 17.2 Å². The zero-order valence-electron chi connectivity index (χ0n) is 15.6. The molecule has 0 spiro atoms. The number of anilines is 1. The molecular formula is C19H23F2N3O3S. The standard InChI is InChI=1S/C19H23F2N3O3S/c1-27-18-4-2-17(3-5-18)24-10-8-23(9-11-24)7-6-22-28(25,26)19-13-15(20)12-16(21)14-19/h2-5,12-14,22H,6-11H2,1H3. The summed E-state index contributed by atoms with van der Waals surface area (Å²) in [4.78, 5) is 4.00. The largest absolute Gasteiger partial charge is 0.497 e. The molecule has 0 bridgehead atoms. The molecule has 2 aromatic carbocycles. The average Bonchev–Trinajstić information content (AvgIpc) is 2.68. The van der Waals surface area contributed by atoms with Gasteiger partial charge >= 0.3 is 0 Å². The minimum atomic E-state index is -3.95. The molecule has 0 amide bonds. The van der Waals surface area contributed by atoms with Crippen LogP contribution in [0.1, 0.15) is 0 Å². The Labute approximate surface area is 163 Å². The Morgan fingerprint density at radius 2 is 1.61 bits per heavy atom. The van der Waals surface area contributed by atoms with Crippen LogP contribution < -0.4 is 14.4 Å². The van der Waals surface area contributed by atoms with E-state index in [4.69, 9.17) is 4.74 Å². The first-order chi connectivity index (χ1) is 13.4. The predicted octanol–water partition coefficient (Wildman–Crippen LogP) is 2.07. The monoisotopic (exact) mass is 411 g/mol. The summed E-state index contributed by atoms with van der Waals surface area (Å²) in [5.41, 5.74) is 1.12. The normalized spacial score (nSPS) is 15.6. The van der Waals surface area contributed by atoms with Crippen molar-refractivity contribution in [1.82, 2.24) is 9.62 Å². The smallest absolute Gasteiger partial charge is 0.240 e. The fourth-order valence-electron chi connectivity index (χ4n) is 3.13. The van der Waals surface area contributed by atoms with Gasteiger partial charge in [0.25, 0.3) is 0 Å². The highest BCUT2D eigenvalue weighted by atomic mass is 32.2. The van der Waals surface area contributed by atoms with Gasteiger partial charge < -0.3 is 9.64 Å². The zero-order valence-corrected chi connectivity index (χ0v) is 16.4. The molecule has 9 heteroatoms. The van der Waals surface area contributed by atoms with E-state index >= 15 is 0 Å². The predicted molar refractivity (Wildman–Crippen MR) is 103 cm³/mol. The van der Waals surface area contributed by atoms with Gasteiger partial charge in [-0.1, -0.05) is 0 Å². The molecule has 6 nitrogen and oxygen atoms in total. The molecule has 0 aromatic heterocycles. The quantitative estimate of drug-likeness (QED) is 0.756.